The van der Waals surface area contributed by atoms with E-state index in [0.717, 1.165) is 5.56 Å². The van der Waals surface area contributed by atoms with Crippen LogP contribution in [0.4, 0.5) is 4.79 Å². The standard InChI is InChI=1S/C14H20N6O/c1-10(2)11(3)19-14(21)17-7-12-5-4-6-16-13(12)20-9-15-8-18-20/h4-6,8-11H,7H2,1-3H3,(H2,17,19,21). The molecule has 0 fully saturated rings. The Morgan fingerprint density at radius 1 is 1.38 bits per heavy atom. The summed E-state index contributed by atoms with van der Waals surface area (Å²) in [5.74, 6) is 1.05. The van der Waals surface area contributed by atoms with E-state index in [4.69, 9.17) is 0 Å². The summed E-state index contributed by atoms with van der Waals surface area (Å²) >= 11 is 0. The van der Waals surface area contributed by atoms with Crippen molar-refractivity contribution in [1.29, 1.82) is 0 Å². The highest BCUT2D eigenvalue weighted by molar-refractivity contribution is 5.74. The number of carbonyl (C=O) groups is 1. The summed E-state index contributed by atoms with van der Waals surface area (Å²) in [6.45, 7) is 6.48. The van der Waals surface area contributed by atoms with Crippen LogP contribution < -0.4 is 10.6 Å². The van der Waals surface area contributed by atoms with Gasteiger partial charge in [0, 0.05) is 24.3 Å². The predicted molar refractivity (Wildman–Crippen MR) is 78.8 cm³/mol. The number of hydrogen-bond donors (Lipinski definition) is 2. The second kappa shape index (κ2) is 6.83. The molecule has 1 unspecified atom stereocenters. The van der Waals surface area contributed by atoms with E-state index in [1.165, 1.54) is 6.33 Å². The van der Waals surface area contributed by atoms with Gasteiger partial charge in [-0.05, 0) is 18.9 Å². The largest absolute Gasteiger partial charge is 0.335 e. The molecule has 2 aromatic heterocycles. The van der Waals surface area contributed by atoms with Crippen molar-refractivity contribution < 1.29 is 4.79 Å². The number of hydrogen-bond acceptors (Lipinski definition) is 4. The smallest absolute Gasteiger partial charge is 0.315 e. The Morgan fingerprint density at radius 2 is 2.19 bits per heavy atom. The lowest BCUT2D eigenvalue weighted by Gasteiger charge is -2.18. The maximum atomic E-state index is 11.9. The minimum atomic E-state index is -0.190. The fraction of sp³-hybridized carbons (Fsp3) is 0.429. The van der Waals surface area contributed by atoms with E-state index in [1.807, 2.05) is 19.1 Å². The van der Waals surface area contributed by atoms with Gasteiger partial charge in [0.25, 0.3) is 0 Å². The molecule has 0 spiro atoms. The van der Waals surface area contributed by atoms with Gasteiger partial charge in [-0.2, -0.15) is 5.10 Å². The zero-order valence-corrected chi connectivity index (χ0v) is 12.4. The van der Waals surface area contributed by atoms with E-state index in [2.05, 4.69) is 39.5 Å². The molecule has 0 saturated carbocycles. The molecular weight excluding hydrogens is 268 g/mol. The quantitative estimate of drug-likeness (QED) is 0.873. The highest BCUT2D eigenvalue weighted by Gasteiger charge is 2.11. The zero-order valence-electron chi connectivity index (χ0n) is 12.4. The van der Waals surface area contributed by atoms with Gasteiger partial charge in [-0.15, -0.1) is 0 Å². The first-order chi connectivity index (χ1) is 10.1. The topological polar surface area (TPSA) is 84.7 Å². The van der Waals surface area contributed by atoms with E-state index in [-0.39, 0.29) is 12.1 Å². The number of rotatable bonds is 5. The van der Waals surface area contributed by atoms with Crippen molar-refractivity contribution >= 4 is 6.03 Å². The number of carbonyl (C=O) groups excluding carboxylic acids is 1. The predicted octanol–water partition coefficient (Wildman–Crippen LogP) is 1.51. The van der Waals surface area contributed by atoms with Crippen LogP contribution in [0, 0.1) is 5.92 Å². The third kappa shape index (κ3) is 4.01. The first-order valence-electron chi connectivity index (χ1n) is 6.91. The van der Waals surface area contributed by atoms with Gasteiger partial charge in [-0.1, -0.05) is 19.9 Å². The van der Waals surface area contributed by atoms with E-state index in [0.29, 0.717) is 18.3 Å². The first kappa shape index (κ1) is 15.0. The number of nitrogens with zero attached hydrogens (tertiary/aromatic N) is 4. The molecule has 21 heavy (non-hydrogen) atoms. The van der Waals surface area contributed by atoms with Crippen LogP contribution in [0.5, 0.6) is 0 Å². The maximum Gasteiger partial charge on any atom is 0.315 e. The van der Waals surface area contributed by atoms with Crippen molar-refractivity contribution in [2.45, 2.75) is 33.4 Å². The van der Waals surface area contributed by atoms with Crippen LogP contribution >= 0.6 is 0 Å². The molecule has 0 saturated heterocycles. The summed E-state index contributed by atoms with van der Waals surface area (Å²) < 4.78 is 1.58. The van der Waals surface area contributed by atoms with Gasteiger partial charge in [0.05, 0.1) is 0 Å². The number of nitrogens with one attached hydrogen (secondary N) is 2. The van der Waals surface area contributed by atoms with Gasteiger partial charge in [-0.3, -0.25) is 0 Å². The highest BCUT2D eigenvalue weighted by Crippen LogP contribution is 2.09. The number of pyridine rings is 1. The Morgan fingerprint density at radius 3 is 2.86 bits per heavy atom. The molecule has 0 aliphatic heterocycles. The Kier molecular flexibility index (Phi) is 4.86. The average Bonchev–Trinajstić information content (AvgIpc) is 2.99. The zero-order chi connectivity index (χ0) is 15.2. The number of urea groups is 1. The summed E-state index contributed by atoms with van der Waals surface area (Å²) in [6.07, 6.45) is 4.71. The number of amides is 2. The molecule has 0 radical (unpaired) electrons. The maximum absolute atomic E-state index is 11.9. The van der Waals surface area contributed by atoms with Gasteiger partial charge in [-0.25, -0.2) is 19.4 Å². The fourth-order valence-corrected chi connectivity index (χ4v) is 1.69. The van der Waals surface area contributed by atoms with Crippen molar-refractivity contribution in [1.82, 2.24) is 30.4 Å². The lowest BCUT2D eigenvalue weighted by molar-refractivity contribution is 0.234. The van der Waals surface area contributed by atoms with Gasteiger partial charge >= 0.3 is 6.03 Å². The summed E-state index contributed by atoms with van der Waals surface area (Å²) in [4.78, 5) is 20.0. The van der Waals surface area contributed by atoms with Crippen molar-refractivity contribution in [3.63, 3.8) is 0 Å². The van der Waals surface area contributed by atoms with Crippen LogP contribution in [-0.4, -0.2) is 31.8 Å². The lowest BCUT2D eigenvalue weighted by Crippen LogP contribution is -2.42. The SMILES string of the molecule is CC(C)C(C)NC(=O)NCc1cccnc1-n1cncn1. The molecule has 2 rings (SSSR count). The Balaban J connectivity index is 1.99. The second-order valence-corrected chi connectivity index (χ2v) is 5.19. The van der Waals surface area contributed by atoms with Crippen molar-refractivity contribution in [3.8, 4) is 5.82 Å². The van der Waals surface area contributed by atoms with Crippen LogP contribution in [0.25, 0.3) is 5.82 Å². The van der Waals surface area contributed by atoms with Gasteiger partial charge in [0.15, 0.2) is 5.82 Å². The normalized spacial score (nSPS) is 12.2. The van der Waals surface area contributed by atoms with E-state index >= 15 is 0 Å². The van der Waals surface area contributed by atoms with Crippen LogP contribution in [0.1, 0.15) is 26.3 Å². The van der Waals surface area contributed by atoms with Crippen molar-refractivity contribution in [2.75, 3.05) is 0 Å². The summed E-state index contributed by atoms with van der Waals surface area (Å²) in [5, 5.41) is 9.79. The van der Waals surface area contributed by atoms with Gasteiger partial charge in [0.1, 0.15) is 12.7 Å². The monoisotopic (exact) mass is 288 g/mol. The summed E-state index contributed by atoms with van der Waals surface area (Å²) in [6, 6.07) is 3.65. The van der Waals surface area contributed by atoms with Gasteiger partial charge < -0.3 is 10.6 Å². The molecule has 0 bridgehead atoms. The minimum absolute atomic E-state index is 0.119. The molecular formula is C14H20N6O. The lowest BCUT2D eigenvalue weighted by atomic mass is 10.1. The van der Waals surface area contributed by atoms with Crippen molar-refractivity contribution in [2.24, 2.45) is 5.92 Å². The van der Waals surface area contributed by atoms with Crippen molar-refractivity contribution in [3.05, 3.63) is 36.5 Å². The molecule has 1 atom stereocenters. The molecule has 112 valence electrons. The highest BCUT2D eigenvalue weighted by atomic mass is 16.2. The molecule has 7 heteroatoms. The van der Waals surface area contributed by atoms with Crippen LogP contribution in [0.15, 0.2) is 31.0 Å². The van der Waals surface area contributed by atoms with E-state index in [9.17, 15) is 4.79 Å². The second-order valence-electron chi connectivity index (χ2n) is 5.19. The molecule has 7 nitrogen and oxygen atoms in total. The molecule has 0 aromatic carbocycles. The van der Waals surface area contributed by atoms with E-state index < -0.39 is 0 Å². The average molecular weight is 288 g/mol. The molecule has 0 aliphatic carbocycles. The molecule has 2 amide bonds. The van der Waals surface area contributed by atoms with Crippen LogP contribution in [0.2, 0.25) is 0 Å². The number of aromatic nitrogens is 4. The molecule has 2 N–H and O–H groups in total. The Hall–Kier alpha value is -2.44. The molecule has 2 aromatic rings. The molecule has 2 heterocycles. The Labute approximate surface area is 123 Å². The fourth-order valence-electron chi connectivity index (χ4n) is 1.69. The minimum Gasteiger partial charge on any atom is -0.335 e. The van der Waals surface area contributed by atoms with Crippen LogP contribution in [-0.2, 0) is 6.54 Å². The Bertz CT molecular complexity index is 581. The third-order valence-electron chi connectivity index (χ3n) is 3.30. The summed E-state index contributed by atoms with van der Waals surface area (Å²) in [5.41, 5.74) is 0.871. The van der Waals surface area contributed by atoms with E-state index in [1.54, 1.807) is 17.2 Å². The summed E-state index contributed by atoms with van der Waals surface area (Å²) in [7, 11) is 0. The van der Waals surface area contributed by atoms with Crippen LogP contribution in [0.3, 0.4) is 0 Å². The van der Waals surface area contributed by atoms with Gasteiger partial charge in [0.2, 0.25) is 0 Å². The first-order valence-corrected chi connectivity index (χ1v) is 6.91. The molecule has 0 aliphatic rings. The third-order valence-corrected chi connectivity index (χ3v) is 3.30.